The molecule has 2 aromatic carbocycles. The maximum Gasteiger partial charge on any atom is 0.234 e. The van der Waals surface area contributed by atoms with Gasteiger partial charge in [-0.25, -0.2) is 9.37 Å². The molecule has 1 fully saturated rings. The van der Waals surface area contributed by atoms with E-state index in [-0.39, 0.29) is 30.5 Å². The first-order chi connectivity index (χ1) is 13.6. The number of imide groups is 1. The molecule has 0 atom stereocenters. The number of thiazole rings is 1. The highest BCUT2D eigenvalue weighted by Gasteiger charge is 2.30. The van der Waals surface area contributed by atoms with Crippen molar-refractivity contribution in [3.05, 3.63) is 71.5 Å². The van der Waals surface area contributed by atoms with E-state index in [1.54, 1.807) is 30.5 Å². The Hall–Kier alpha value is -3.32. The fourth-order valence-electron chi connectivity index (χ4n) is 2.90. The van der Waals surface area contributed by atoms with Crippen molar-refractivity contribution >= 4 is 40.0 Å². The number of carbonyl (C=O) groups is 2. The summed E-state index contributed by atoms with van der Waals surface area (Å²) in [5.74, 6) is -0.587. The van der Waals surface area contributed by atoms with Gasteiger partial charge in [0.25, 0.3) is 0 Å². The van der Waals surface area contributed by atoms with E-state index in [2.05, 4.69) is 10.3 Å². The number of benzene rings is 2. The molecule has 2 heterocycles. The van der Waals surface area contributed by atoms with Crippen LogP contribution in [0.1, 0.15) is 18.4 Å². The zero-order valence-electron chi connectivity index (χ0n) is 14.8. The van der Waals surface area contributed by atoms with E-state index in [9.17, 15) is 14.0 Å². The third-order valence-corrected chi connectivity index (χ3v) is 5.10. The smallest absolute Gasteiger partial charge is 0.234 e. The molecule has 28 heavy (non-hydrogen) atoms. The Morgan fingerprint density at radius 1 is 1.00 bits per heavy atom. The van der Waals surface area contributed by atoms with E-state index in [1.807, 2.05) is 23.6 Å². The number of rotatable bonds is 5. The minimum Gasteiger partial charge on any atom is -0.338 e. The second-order valence-corrected chi connectivity index (χ2v) is 7.09. The number of nitrogens with zero attached hydrogens (tertiary/aromatic N) is 2. The Labute approximate surface area is 165 Å². The highest BCUT2D eigenvalue weighted by molar-refractivity contribution is 7.14. The quantitative estimate of drug-likeness (QED) is 0.639. The monoisotopic (exact) mass is 393 g/mol. The summed E-state index contributed by atoms with van der Waals surface area (Å²) in [7, 11) is 0. The van der Waals surface area contributed by atoms with Crippen molar-refractivity contribution < 1.29 is 14.0 Å². The van der Waals surface area contributed by atoms with Gasteiger partial charge in [-0.2, -0.15) is 0 Å². The summed E-state index contributed by atoms with van der Waals surface area (Å²) in [6.07, 6.45) is 4.13. The molecule has 3 aromatic rings. The SMILES string of the molecule is O=C1CCC(=O)N1c1ccc(-c2csc(N/C=C\c3ccc(F)cc3)n2)cc1. The maximum absolute atomic E-state index is 12.9. The number of aromatic nitrogens is 1. The third-order valence-electron chi connectivity index (χ3n) is 4.33. The molecule has 7 heteroatoms. The summed E-state index contributed by atoms with van der Waals surface area (Å²) in [4.78, 5) is 29.4. The Bertz CT molecular complexity index is 1030. The van der Waals surface area contributed by atoms with Crippen LogP contribution in [0.4, 0.5) is 15.2 Å². The molecule has 1 aromatic heterocycles. The van der Waals surface area contributed by atoms with Gasteiger partial charge in [-0.15, -0.1) is 11.3 Å². The highest BCUT2D eigenvalue weighted by atomic mass is 32.1. The van der Waals surface area contributed by atoms with Crippen molar-refractivity contribution in [2.24, 2.45) is 0 Å². The molecule has 0 aliphatic carbocycles. The molecule has 0 spiro atoms. The van der Waals surface area contributed by atoms with Gasteiger partial charge in [0.15, 0.2) is 5.13 Å². The van der Waals surface area contributed by atoms with Crippen LogP contribution in [0.25, 0.3) is 17.3 Å². The van der Waals surface area contributed by atoms with Crippen LogP contribution in [0.5, 0.6) is 0 Å². The molecule has 140 valence electrons. The van der Waals surface area contributed by atoms with Gasteiger partial charge in [-0.1, -0.05) is 24.3 Å². The summed E-state index contributed by atoms with van der Waals surface area (Å²) in [6, 6.07) is 13.4. The second-order valence-electron chi connectivity index (χ2n) is 6.24. The van der Waals surface area contributed by atoms with Crippen molar-refractivity contribution in [2.75, 3.05) is 10.2 Å². The number of hydrogen-bond donors (Lipinski definition) is 1. The van der Waals surface area contributed by atoms with Gasteiger partial charge < -0.3 is 5.32 Å². The fraction of sp³-hybridized carbons (Fsp3) is 0.0952. The van der Waals surface area contributed by atoms with Crippen LogP contribution in [0.3, 0.4) is 0 Å². The predicted molar refractivity (Wildman–Crippen MR) is 108 cm³/mol. The van der Waals surface area contributed by atoms with E-state index >= 15 is 0 Å². The lowest BCUT2D eigenvalue weighted by Crippen LogP contribution is -2.28. The topological polar surface area (TPSA) is 62.3 Å². The minimum absolute atomic E-state index is 0.161. The van der Waals surface area contributed by atoms with Crippen molar-refractivity contribution in [3.8, 4) is 11.3 Å². The van der Waals surface area contributed by atoms with Crippen LogP contribution in [0.2, 0.25) is 0 Å². The number of nitrogens with one attached hydrogen (secondary N) is 1. The van der Waals surface area contributed by atoms with E-state index in [1.165, 1.54) is 28.4 Å². The van der Waals surface area contributed by atoms with Crippen molar-refractivity contribution in [3.63, 3.8) is 0 Å². The van der Waals surface area contributed by atoms with E-state index in [0.717, 1.165) is 22.0 Å². The number of carbonyl (C=O) groups excluding carboxylic acids is 2. The van der Waals surface area contributed by atoms with Crippen LogP contribution >= 0.6 is 11.3 Å². The summed E-state index contributed by atoms with van der Waals surface area (Å²) in [5.41, 5.74) is 3.17. The number of hydrogen-bond acceptors (Lipinski definition) is 5. The molecule has 1 saturated heterocycles. The predicted octanol–water partition coefficient (Wildman–Crippen LogP) is 4.69. The van der Waals surface area contributed by atoms with Crippen LogP contribution in [-0.4, -0.2) is 16.8 Å². The summed E-state index contributed by atoms with van der Waals surface area (Å²) >= 11 is 1.46. The van der Waals surface area contributed by atoms with Gasteiger partial charge in [-0.3, -0.25) is 14.5 Å². The zero-order chi connectivity index (χ0) is 19.5. The Kier molecular flexibility index (Phi) is 4.99. The van der Waals surface area contributed by atoms with Crippen LogP contribution in [0, 0.1) is 5.82 Å². The molecule has 0 unspecified atom stereocenters. The third kappa shape index (κ3) is 3.84. The van der Waals surface area contributed by atoms with Crippen molar-refractivity contribution in [1.82, 2.24) is 4.98 Å². The first kappa shape index (κ1) is 18.1. The first-order valence-corrected chi connectivity index (χ1v) is 9.58. The summed E-state index contributed by atoms with van der Waals surface area (Å²) in [6.45, 7) is 0. The summed E-state index contributed by atoms with van der Waals surface area (Å²) < 4.78 is 12.9. The Morgan fingerprint density at radius 2 is 1.68 bits per heavy atom. The molecule has 2 amide bonds. The molecule has 0 radical (unpaired) electrons. The maximum atomic E-state index is 12.9. The van der Waals surface area contributed by atoms with Gasteiger partial charge >= 0.3 is 0 Å². The standard InChI is InChI=1S/C21H16FN3O2S/c22-16-5-1-14(2-6-16)11-12-23-21-24-18(13-28-21)15-3-7-17(8-4-15)25-19(26)9-10-20(25)27/h1-8,11-13H,9-10H2,(H,23,24)/b12-11-. The largest absolute Gasteiger partial charge is 0.338 e. The molecule has 5 nitrogen and oxygen atoms in total. The lowest BCUT2D eigenvalue weighted by Gasteiger charge is -2.13. The van der Waals surface area contributed by atoms with Gasteiger partial charge in [0, 0.05) is 30.0 Å². The van der Waals surface area contributed by atoms with Gasteiger partial charge in [0.2, 0.25) is 11.8 Å². The molecule has 1 aliphatic heterocycles. The molecule has 4 rings (SSSR count). The van der Waals surface area contributed by atoms with Crippen LogP contribution in [0.15, 0.2) is 60.1 Å². The highest BCUT2D eigenvalue weighted by Crippen LogP contribution is 2.28. The van der Waals surface area contributed by atoms with Gasteiger partial charge in [0.1, 0.15) is 5.82 Å². The molecular formula is C21H16FN3O2S. The lowest BCUT2D eigenvalue weighted by atomic mass is 10.1. The van der Waals surface area contributed by atoms with Crippen molar-refractivity contribution in [2.45, 2.75) is 12.8 Å². The zero-order valence-corrected chi connectivity index (χ0v) is 15.6. The molecule has 1 aliphatic rings. The van der Waals surface area contributed by atoms with Crippen LogP contribution in [-0.2, 0) is 9.59 Å². The second kappa shape index (κ2) is 7.74. The van der Waals surface area contributed by atoms with Gasteiger partial charge in [0.05, 0.1) is 11.4 Å². The molecule has 0 bridgehead atoms. The number of amides is 2. The number of anilines is 2. The van der Waals surface area contributed by atoms with E-state index in [4.69, 9.17) is 0 Å². The lowest BCUT2D eigenvalue weighted by molar-refractivity contribution is -0.121. The molecule has 1 N–H and O–H groups in total. The normalized spacial score (nSPS) is 14.2. The average Bonchev–Trinajstić information content (AvgIpc) is 3.30. The summed E-state index contributed by atoms with van der Waals surface area (Å²) in [5, 5.41) is 5.75. The molecule has 0 saturated carbocycles. The number of halogens is 1. The van der Waals surface area contributed by atoms with Crippen LogP contribution < -0.4 is 10.2 Å². The fourth-order valence-corrected chi connectivity index (χ4v) is 3.60. The van der Waals surface area contributed by atoms with E-state index in [0.29, 0.717) is 5.69 Å². The Morgan fingerprint density at radius 3 is 2.36 bits per heavy atom. The molecular weight excluding hydrogens is 377 g/mol. The van der Waals surface area contributed by atoms with Crippen molar-refractivity contribution in [1.29, 1.82) is 0 Å². The average molecular weight is 393 g/mol. The van der Waals surface area contributed by atoms with Gasteiger partial charge in [-0.05, 0) is 35.9 Å². The minimum atomic E-state index is -0.265. The first-order valence-electron chi connectivity index (χ1n) is 8.70. The Balaban J connectivity index is 1.43. The van der Waals surface area contributed by atoms with E-state index < -0.39 is 0 Å².